The molecular weight excluding hydrogens is 347 g/mol. The maximum Gasteiger partial charge on any atom is 0.511 e. The molecule has 4 aliphatic carbocycles. The van der Waals surface area contributed by atoms with Crippen molar-refractivity contribution in [1.29, 1.82) is 0 Å². The van der Waals surface area contributed by atoms with Crippen molar-refractivity contribution < 1.29 is 31.1 Å². The van der Waals surface area contributed by atoms with Gasteiger partial charge in [0.15, 0.2) is 0 Å². The molecule has 24 heavy (non-hydrogen) atoms. The molecule has 4 rings (SSSR count). The largest absolute Gasteiger partial charge is 0.511 e. The fourth-order valence-corrected chi connectivity index (χ4v) is 5.97. The lowest BCUT2D eigenvalue weighted by atomic mass is 9.51. The van der Waals surface area contributed by atoms with Crippen molar-refractivity contribution in [2.24, 2.45) is 11.8 Å². The van der Waals surface area contributed by atoms with Crippen LogP contribution >= 0.6 is 0 Å². The smallest absolute Gasteiger partial charge is 0.456 e. The third-order valence-corrected chi connectivity index (χ3v) is 6.63. The molecule has 0 spiro atoms. The van der Waals surface area contributed by atoms with Crippen LogP contribution < -0.4 is 4.72 Å². The third-order valence-electron chi connectivity index (χ3n) is 5.32. The van der Waals surface area contributed by atoms with Crippen LogP contribution in [-0.2, 0) is 19.6 Å². The average Bonchev–Trinajstić information content (AvgIpc) is 2.32. The fourth-order valence-electron chi connectivity index (χ4n) is 5.04. The van der Waals surface area contributed by atoms with Crippen LogP contribution in [0, 0.1) is 11.8 Å². The monoisotopic (exact) mass is 367 g/mol. The Kier molecular flexibility index (Phi) is 3.84. The summed E-state index contributed by atoms with van der Waals surface area (Å²) in [5, 5.41) is 0. The Morgan fingerprint density at radius 3 is 2.21 bits per heavy atom. The van der Waals surface area contributed by atoms with Gasteiger partial charge in [0.2, 0.25) is 0 Å². The zero-order valence-corrected chi connectivity index (χ0v) is 14.1. The van der Waals surface area contributed by atoms with Gasteiger partial charge in [-0.05, 0) is 50.9 Å². The van der Waals surface area contributed by atoms with Gasteiger partial charge in [-0.1, -0.05) is 6.58 Å². The summed E-state index contributed by atoms with van der Waals surface area (Å²) in [7, 11) is -5.44. The number of nitrogens with one attached hydrogen (secondary N) is 1. The predicted molar refractivity (Wildman–Crippen MR) is 79.2 cm³/mol. The van der Waals surface area contributed by atoms with Crippen LogP contribution in [0.4, 0.5) is 13.2 Å². The van der Waals surface area contributed by atoms with E-state index in [0.717, 1.165) is 6.42 Å². The van der Waals surface area contributed by atoms with Gasteiger partial charge in [0.1, 0.15) is 5.60 Å². The van der Waals surface area contributed by atoms with Gasteiger partial charge in [0, 0.05) is 17.5 Å². The number of halogens is 3. The van der Waals surface area contributed by atoms with Crippen LogP contribution in [0.2, 0.25) is 0 Å². The summed E-state index contributed by atoms with van der Waals surface area (Å²) in [6.45, 7) is 5.03. The molecule has 136 valence electrons. The summed E-state index contributed by atoms with van der Waals surface area (Å²) < 4.78 is 69.1. The van der Waals surface area contributed by atoms with Gasteiger partial charge in [0.25, 0.3) is 0 Å². The summed E-state index contributed by atoms with van der Waals surface area (Å²) in [6.07, 6.45) is 2.76. The minimum Gasteiger partial charge on any atom is -0.456 e. The lowest BCUT2D eigenvalue weighted by molar-refractivity contribution is -0.186. The second kappa shape index (κ2) is 5.20. The zero-order valence-electron chi connectivity index (χ0n) is 13.3. The molecule has 5 nitrogen and oxygen atoms in total. The first-order valence-corrected chi connectivity index (χ1v) is 9.33. The maximum absolute atomic E-state index is 12.8. The molecule has 0 saturated heterocycles. The minimum absolute atomic E-state index is 0.0557. The number of esters is 1. The maximum atomic E-state index is 12.8. The van der Waals surface area contributed by atoms with E-state index in [1.807, 2.05) is 4.72 Å². The van der Waals surface area contributed by atoms with Crippen LogP contribution in [-0.4, -0.2) is 31.0 Å². The minimum atomic E-state index is -5.44. The average molecular weight is 367 g/mol. The highest BCUT2D eigenvalue weighted by atomic mass is 32.2. The zero-order chi connectivity index (χ0) is 18.0. The molecule has 4 bridgehead atoms. The first-order chi connectivity index (χ1) is 10.9. The molecule has 0 amide bonds. The van der Waals surface area contributed by atoms with E-state index >= 15 is 0 Å². The summed E-state index contributed by atoms with van der Waals surface area (Å²) >= 11 is 0. The Labute approximate surface area is 138 Å². The first kappa shape index (κ1) is 17.7. The van der Waals surface area contributed by atoms with Crippen molar-refractivity contribution in [2.75, 3.05) is 0 Å². The SMILES string of the molecule is C=C(C)C(=O)OC12CC3CC(CC(NS(=O)(=O)C(F)(F)F)(C3)C1)C2. The van der Waals surface area contributed by atoms with E-state index < -0.39 is 32.6 Å². The van der Waals surface area contributed by atoms with Gasteiger partial charge >= 0.3 is 21.5 Å². The van der Waals surface area contributed by atoms with Gasteiger partial charge in [0.05, 0.1) is 0 Å². The van der Waals surface area contributed by atoms with Gasteiger partial charge in [-0.15, -0.1) is 0 Å². The summed E-state index contributed by atoms with van der Waals surface area (Å²) in [5.74, 6) is -0.467. The standard InChI is InChI=1S/C15H20F3NO4S/c1-9(2)12(20)23-14-6-10-3-11(7-14)5-13(4-10,8-14)19-24(21,22)15(16,17)18/h10-11,19H,1,3-8H2,2H3. The topological polar surface area (TPSA) is 72.5 Å². The predicted octanol–water partition coefficient (Wildman–Crippen LogP) is 2.64. The second-order valence-electron chi connectivity index (χ2n) is 7.65. The number of carbonyl (C=O) groups is 1. The molecule has 0 radical (unpaired) electrons. The number of ether oxygens (including phenoxy) is 1. The Bertz CT molecular complexity index is 671. The van der Waals surface area contributed by atoms with Gasteiger partial charge in [-0.25, -0.2) is 17.9 Å². The highest BCUT2D eigenvalue weighted by Gasteiger charge is 2.62. The summed E-state index contributed by atoms with van der Waals surface area (Å²) in [5.41, 5.74) is -7.21. The molecule has 4 aliphatic rings. The van der Waals surface area contributed by atoms with E-state index in [1.165, 1.54) is 6.92 Å². The lowest BCUT2D eigenvalue weighted by Crippen LogP contribution is -2.67. The van der Waals surface area contributed by atoms with Crippen molar-refractivity contribution in [2.45, 2.75) is 62.1 Å². The van der Waals surface area contributed by atoms with Crippen molar-refractivity contribution in [3.8, 4) is 0 Å². The summed E-state index contributed by atoms with van der Waals surface area (Å²) in [6, 6.07) is 0. The number of alkyl halides is 3. The quantitative estimate of drug-likeness (QED) is 0.612. The van der Waals surface area contributed by atoms with Crippen LogP contribution in [0.1, 0.15) is 45.4 Å². The molecular formula is C15H20F3NO4S. The van der Waals surface area contributed by atoms with E-state index in [0.29, 0.717) is 25.7 Å². The van der Waals surface area contributed by atoms with Crippen molar-refractivity contribution in [1.82, 2.24) is 4.72 Å². The fraction of sp³-hybridized carbons (Fsp3) is 0.800. The van der Waals surface area contributed by atoms with Gasteiger partial charge < -0.3 is 4.74 Å². The number of sulfonamides is 1. The lowest BCUT2D eigenvalue weighted by Gasteiger charge is -2.61. The highest BCUT2D eigenvalue weighted by molar-refractivity contribution is 7.90. The molecule has 0 heterocycles. The first-order valence-electron chi connectivity index (χ1n) is 7.85. The van der Waals surface area contributed by atoms with Crippen LogP contribution in [0.3, 0.4) is 0 Å². The number of hydrogen-bond acceptors (Lipinski definition) is 4. The Morgan fingerprint density at radius 2 is 1.75 bits per heavy atom. The molecule has 0 aromatic rings. The highest BCUT2D eigenvalue weighted by Crippen LogP contribution is 2.59. The molecule has 4 fully saturated rings. The number of rotatable bonds is 4. The van der Waals surface area contributed by atoms with Crippen molar-refractivity contribution in [3.63, 3.8) is 0 Å². The van der Waals surface area contributed by atoms with E-state index in [2.05, 4.69) is 6.58 Å². The normalized spacial score (nSPS) is 38.2. The molecule has 0 aromatic heterocycles. The van der Waals surface area contributed by atoms with E-state index in [4.69, 9.17) is 4.74 Å². The number of carbonyl (C=O) groups excluding carboxylic acids is 1. The van der Waals surface area contributed by atoms with Gasteiger partial charge in [-0.3, -0.25) is 0 Å². The number of hydrogen-bond donors (Lipinski definition) is 1. The Morgan fingerprint density at radius 1 is 1.21 bits per heavy atom. The molecule has 2 atom stereocenters. The molecule has 0 aliphatic heterocycles. The molecule has 1 N–H and O–H groups in total. The molecule has 9 heteroatoms. The Hall–Kier alpha value is -1.09. The van der Waals surface area contributed by atoms with Gasteiger partial charge in [-0.2, -0.15) is 13.2 Å². The van der Waals surface area contributed by atoms with Crippen molar-refractivity contribution in [3.05, 3.63) is 12.2 Å². The van der Waals surface area contributed by atoms with E-state index in [1.54, 1.807) is 0 Å². The second-order valence-corrected chi connectivity index (χ2v) is 9.32. The molecule has 2 unspecified atom stereocenters. The third kappa shape index (κ3) is 2.96. The van der Waals surface area contributed by atoms with Crippen LogP contribution in [0.15, 0.2) is 12.2 Å². The summed E-state index contributed by atoms with van der Waals surface area (Å²) in [4.78, 5) is 11.9. The van der Waals surface area contributed by atoms with E-state index in [-0.39, 0.29) is 23.8 Å². The Balaban J connectivity index is 1.88. The molecule has 0 aromatic carbocycles. The van der Waals surface area contributed by atoms with Crippen molar-refractivity contribution >= 4 is 16.0 Å². The molecule has 4 saturated carbocycles. The van der Waals surface area contributed by atoms with Crippen LogP contribution in [0.5, 0.6) is 0 Å². The van der Waals surface area contributed by atoms with E-state index in [9.17, 15) is 26.4 Å². The van der Waals surface area contributed by atoms with Crippen LogP contribution in [0.25, 0.3) is 0 Å².